The summed E-state index contributed by atoms with van der Waals surface area (Å²) in [6.07, 6.45) is 0. The van der Waals surface area contributed by atoms with Gasteiger partial charge < -0.3 is 20.6 Å². The summed E-state index contributed by atoms with van der Waals surface area (Å²) < 4.78 is 0. The lowest BCUT2D eigenvalue weighted by atomic mass is 10.0. The first kappa shape index (κ1) is 19.1. The molecule has 1 aliphatic rings. The standard InChI is InChI=1S/C19H23N3O2.ClH/c1-14-6-8-15(9-7-14)18(20)19(24)22-12-10-21(11-13-22)16-4-2-3-5-17(16)23;/h2-9,18,23H,10-13,20H2,1H3;1H. The predicted molar refractivity (Wildman–Crippen MR) is 102 cm³/mol. The number of nitrogens with two attached hydrogens (primary N) is 1. The van der Waals surface area contributed by atoms with Crippen molar-refractivity contribution in [3.05, 3.63) is 59.7 Å². The molecule has 134 valence electrons. The molecule has 0 spiro atoms. The zero-order valence-corrected chi connectivity index (χ0v) is 15.1. The lowest BCUT2D eigenvalue weighted by molar-refractivity contribution is -0.133. The van der Waals surface area contributed by atoms with E-state index in [9.17, 15) is 9.90 Å². The number of phenols is 1. The zero-order chi connectivity index (χ0) is 17.1. The Hall–Kier alpha value is -2.24. The Balaban J connectivity index is 0.00000225. The molecular weight excluding hydrogens is 338 g/mol. The van der Waals surface area contributed by atoms with Crippen LogP contribution in [-0.4, -0.2) is 42.1 Å². The van der Waals surface area contributed by atoms with Crippen LogP contribution in [0.25, 0.3) is 0 Å². The first-order valence-electron chi connectivity index (χ1n) is 8.20. The number of benzene rings is 2. The number of amides is 1. The first-order valence-corrected chi connectivity index (χ1v) is 8.20. The maximum Gasteiger partial charge on any atom is 0.244 e. The number of piperazine rings is 1. The van der Waals surface area contributed by atoms with E-state index in [1.54, 1.807) is 17.0 Å². The maximum atomic E-state index is 12.6. The highest BCUT2D eigenvalue weighted by molar-refractivity contribution is 5.85. The minimum Gasteiger partial charge on any atom is -0.506 e. The molecule has 3 N–H and O–H groups in total. The molecule has 1 saturated heterocycles. The summed E-state index contributed by atoms with van der Waals surface area (Å²) in [5.74, 6) is 0.226. The van der Waals surface area contributed by atoms with Crippen LogP contribution in [0.1, 0.15) is 17.2 Å². The number of rotatable bonds is 3. The second-order valence-corrected chi connectivity index (χ2v) is 6.19. The van der Waals surface area contributed by atoms with Gasteiger partial charge in [-0.05, 0) is 24.6 Å². The number of hydrogen-bond donors (Lipinski definition) is 2. The summed E-state index contributed by atoms with van der Waals surface area (Å²) in [7, 11) is 0. The van der Waals surface area contributed by atoms with E-state index in [1.165, 1.54) is 0 Å². The van der Waals surface area contributed by atoms with Crippen LogP contribution < -0.4 is 10.6 Å². The van der Waals surface area contributed by atoms with Crippen molar-refractivity contribution in [2.75, 3.05) is 31.1 Å². The summed E-state index contributed by atoms with van der Waals surface area (Å²) in [4.78, 5) is 16.5. The molecular formula is C19H24ClN3O2. The molecule has 1 unspecified atom stereocenters. The molecule has 2 aromatic rings. The fraction of sp³-hybridized carbons (Fsp3) is 0.316. The Morgan fingerprint density at radius 1 is 1.04 bits per heavy atom. The number of phenolic OH excluding ortho intramolecular Hbond substituents is 1. The Labute approximate surface area is 154 Å². The van der Waals surface area contributed by atoms with Crippen LogP contribution in [-0.2, 0) is 4.79 Å². The third kappa shape index (κ3) is 4.24. The van der Waals surface area contributed by atoms with Crippen molar-refractivity contribution in [1.29, 1.82) is 0 Å². The SMILES string of the molecule is Cc1ccc(C(N)C(=O)N2CCN(c3ccccc3O)CC2)cc1.Cl. The van der Waals surface area contributed by atoms with Gasteiger partial charge in [-0.3, -0.25) is 4.79 Å². The highest BCUT2D eigenvalue weighted by Gasteiger charge is 2.26. The van der Waals surface area contributed by atoms with Gasteiger partial charge in [0.05, 0.1) is 5.69 Å². The van der Waals surface area contributed by atoms with Crippen molar-refractivity contribution in [3.63, 3.8) is 0 Å². The Morgan fingerprint density at radius 3 is 2.24 bits per heavy atom. The highest BCUT2D eigenvalue weighted by atomic mass is 35.5. The molecule has 1 aliphatic heterocycles. The zero-order valence-electron chi connectivity index (χ0n) is 14.3. The average Bonchev–Trinajstić information content (AvgIpc) is 2.62. The van der Waals surface area contributed by atoms with Crippen LogP contribution in [0, 0.1) is 6.92 Å². The molecule has 0 saturated carbocycles. The van der Waals surface area contributed by atoms with Crippen LogP contribution in [0.2, 0.25) is 0 Å². The number of anilines is 1. The summed E-state index contributed by atoms with van der Waals surface area (Å²) in [6, 6.07) is 14.4. The number of nitrogens with zero attached hydrogens (tertiary/aromatic N) is 2. The van der Waals surface area contributed by atoms with Gasteiger partial charge in [0.1, 0.15) is 11.8 Å². The predicted octanol–water partition coefficient (Wildman–Crippen LogP) is 2.47. The molecule has 0 aromatic heterocycles. The van der Waals surface area contributed by atoms with Gasteiger partial charge in [0.15, 0.2) is 0 Å². The minimum absolute atomic E-state index is 0. The summed E-state index contributed by atoms with van der Waals surface area (Å²) in [6.45, 7) is 4.59. The van der Waals surface area contributed by atoms with Gasteiger partial charge >= 0.3 is 0 Å². The molecule has 0 aliphatic carbocycles. The highest BCUT2D eigenvalue weighted by Crippen LogP contribution is 2.27. The third-order valence-corrected chi connectivity index (χ3v) is 4.52. The molecule has 0 bridgehead atoms. The molecule has 3 rings (SSSR count). The normalized spacial score (nSPS) is 15.4. The van der Waals surface area contributed by atoms with Gasteiger partial charge in [-0.2, -0.15) is 0 Å². The van der Waals surface area contributed by atoms with Gasteiger partial charge in [-0.1, -0.05) is 42.0 Å². The monoisotopic (exact) mass is 361 g/mol. The van der Waals surface area contributed by atoms with E-state index in [2.05, 4.69) is 4.90 Å². The van der Waals surface area contributed by atoms with Gasteiger partial charge in [-0.15, -0.1) is 12.4 Å². The van der Waals surface area contributed by atoms with Crippen molar-refractivity contribution in [2.24, 2.45) is 5.73 Å². The molecule has 25 heavy (non-hydrogen) atoms. The number of carbonyl (C=O) groups excluding carboxylic acids is 1. The van der Waals surface area contributed by atoms with Gasteiger partial charge in [0, 0.05) is 26.2 Å². The largest absolute Gasteiger partial charge is 0.506 e. The van der Waals surface area contributed by atoms with E-state index in [-0.39, 0.29) is 24.1 Å². The topological polar surface area (TPSA) is 69.8 Å². The second kappa shape index (κ2) is 8.23. The van der Waals surface area contributed by atoms with Crippen LogP contribution in [0.4, 0.5) is 5.69 Å². The van der Waals surface area contributed by atoms with Gasteiger partial charge in [0.25, 0.3) is 0 Å². The fourth-order valence-electron chi connectivity index (χ4n) is 3.01. The maximum absolute atomic E-state index is 12.6. The summed E-state index contributed by atoms with van der Waals surface area (Å²) in [5, 5.41) is 9.95. The van der Waals surface area contributed by atoms with Crippen molar-refractivity contribution in [1.82, 2.24) is 4.90 Å². The van der Waals surface area contributed by atoms with Crippen molar-refractivity contribution >= 4 is 24.0 Å². The number of aromatic hydroxyl groups is 1. The lowest BCUT2D eigenvalue weighted by Gasteiger charge is -2.37. The molecule has 1 amide bonds. The molecule has 1 heterocycles. The van der Waals surface area contributed by atoms with Crippen molar-refractivity contribution in [3.8, 4) is 5.75 Å². The van der Waals surface area contributed by atoms with Crippen LogP contribution in [0.5, 0.6) is 5.75 Å². The molecule has 1 atom stereocenters. The Morgan fingerprint density at radius 2 is 1.64 bits per heavy atom. The Kier molecular flexibility index (Phi) is 6.28. The average molecular weight is 362 g/mol. The fourth-order valence-corrected chi connectivity index (χ4v) is 3.01. The number of carbonyl (C=O) groups is 1. The molecule has 2 aromatic carbocycles. The summed E-state index contributed by atoms with van der Waals surface area (Å²) >= 11 is 0. The third-order valence-electron chi connectivity index (χ3n) is 4.52. The molecule has 6 heteroatoms. The molecule has 0 radical (unpaired) electrons. The van der Waals surface area contributed by atoms with E-state index in [0.29, 0.717) is 26.2 Å². The quantitative estimate of drug-likeness (QED) is 0.881. The van der Waals surface area contributed by atoms with Crippen LogP contribution in [0.15, 0.2) is 48.5 Å². The van der Waals surface area contributed by atoms with E-state index in [1.807, 2.05) is 43.3 Å². The number of aryl methyl sites for hydroxylation is 1. The number of hydrogen-bond acceptors (Lipinski definition) is 4. The lowest BCUT2D eigenvalue weighted by Crippen LogP contribution is -2.51. The van der Waals surface area contributed by atoms with Crippen LogP contribution >= 0.6 is 12.4 Å². The van der Waals surface area contributed by atoms with Crippen molar-refractivity contribution in [2.45, 2.75) is 13.0 Å². The van der Waals surface area contributed by atoms with Crippen molar-refractivity contribution < 1.29 is 9.90 Å². The first-order chi connectivity index (χ1) is 11.6. The van der Waals surface area contributed by atoms with E-state index in [0.717, 1.165) is 16.8 Å². The van der Waals surface area contributed by atoms with E-state index >= 15 is 0 Å². The number of para-hydroxylation sites is 2. The van der Waals surface area contributed by atoms with E-state index in [4.69, 9.17) is 5.73 Å². The van der Waals surface area contributed by atoms with Gasteiger partial charge in [0.2, 0.25) is 5.91 Å². The minimum atomic E-state index is -0.623. The molecule has 1 fully saturated rings. The summed E-state index contributed by atoms with van der Waals surface area (Å²) in [5.41, 5.74) is 8.95. The van der Waals surface area contributed by atoms with Crippen LogP contribution in [0.3, 0.4) is 0 Å². The van der Waals surface area contributed by atoms with Gasteiger partial charge in [-0.25, -0.2) is 0 Å². The number of halogens is 1. The Bertz CT molecular complexity index is 713. The molecule has 5 nitrogen and oxygen atoms in total. The second-order valence-electron chi connectivity index (χ2n) is 6.19. The smallest absolute Gasteiger partial charge is 0.244 e. The van der Waals surface area contributed by atoms with E-state index < -0.39 is 6.04 Å².